The number of carbonyl (C=O) groups excluding carboxylic acids is 2. The topological polar surface area (TPSA) is 79.3 Å². The summed E-state index contributed by atoms with van der Waals surface area (Å²) < 4.78 is 13.1. The van der Waals surface area contributed by atoms with Crippen LogP contribution in [0, 0.1) is 5.41 Å². The number of phenolic OH excluding ortho intramolecular Hbond substituents is 1. The quantitative estimate of drug-likeness (QED) is 0.205. The van der Waals surface area contributed by atoms with Crippen molar-refractivity contribution in [2.45, 2.75) is 200 Å². The van der Waals surface area contributed by atoms with Crippen LogP contribution in [0.15, 0.2) is 12.1 Å². The van der Waals surface area contributed by atoms with Crippen molar-refractivity contribution in [2.75, 3.05) is 14.1 Å². The number of hydrogen-bond donors (Lipinski definition) is 1. The number of benzene rings is 1. The fraction of sp³-hybridized carbons (Fsp3) is 0.810. The second kappa shape index (κ2) is 13.8. The molecule has 1 aromatic carbocycles. The van der Waals surface area contributed by atoms with Crippen molar-refractivity contribution in [1.82, 2.24) is 9.80 Å². The number of carbonyl (C=O) groups is 2. The predicted octanol–water partition coefficient (Wildman–Crippen LogP) is 9.10. The number of aromatic hydroxyl groups is 1. The first-order chi connectivity index (χ1) is 22.0. The van der Waals surface area contributed by atoms with Crippen LogP contribution in [0.4, 0.5) is 0 Å². The molecule has 0 atom stereocenters. The summed E-state index contributed by atoms with van der Waals surface area (Å²) in [5, 5.41) is 11.9. The third-order valence-corrected chi connectivity index (χ3v) is 12.2. The van der Waals surface area contributed by atoms with E-state index in [-0.39, 0.29) is 63.8 Å². The van der Waals surface area contributed by atoms with Gasteiger partial charge >= 0.3 is 11.9 Å². The molecule has 0 radical (unpaired) electrons. The first kappa shape index (κ1) is 41.3. The van der Waals surface area contributed by atoms with Gasteiger partial charge in [-0.3, -0.25) is 19.4 Å². The van der Waals surface area contributed by atoms with Crippen molar-refractivity contribution in [3.63, 3.8) is 0 Å². The van der Waals surface area contributed by atoms with Gasteiger partial charge in [0.25, 0.3) is 0 Å². The lowest BCUT2D eigenvalue weighted by Gasteiger charge is -2.53. The van der Waals surface area contributed by atoms with Gasteiger partial charge in [0.05, 0.1) is 0 Å². The number of rotatable bonds is 9. The molecule has 0 saturated carbocycles. The molecule has 0 amide bonds. The predicted molar refractivity (Wildman–Crippen MR) is 201 cm³/mol. The van der Waals surface area contributed by atoms with Crippen molar-refractivity contribution >= 4 is 11.9 Å². The molecule has 2 saturated heterocycles. The van der Waals surface area contributed by atoms with Crippen molar-refractivity contribution < 1.29 is 24.2 Å². The summed E-state index contributed by atoms with van der Waals surface area (Å²) in [7, 11) is 4.26. The molecule has 1 aromatic rings. The monoisotopic (exact) mass is 685 g/mol. The molecule has 1 N–H and O–H groups in total. The molecule has 0 unspecified atom stereocenters. The van der Waals surface area contributed by atoms with Gasteiger partial charge in [0.2, 0.25) is 0 Å². The van der Waals surface area contributed by atoms with Crippen molar-refractivity contribution in [1.29, 1.82) is 0 Å². The molecule has 0 aliphatic carbocycles. The highest BCUT2D eigenvalue weighted by Gasteiger charge is 2.54. The van der Waals surface area contributed by atoms with Crippen molar-refractivity contribution in [2.24, 2.45) is 5.41 Å². The zero-order chi connectivity index (χ0) is 37.8. The standard InChI is InChI=1S/C42H72N2O5/c1-18-19-20-42(34(46)48-30-24-38(8,9)43(16)39(10,11)25-30,35(47)49-31-26-40(12,13)44(17)41(14,15)27-31)23-28-21-29(36(2,3)4)22-32(33(28)45)37(5,6)7/h21-22,30-31,45H,18-20,23-27H2,1-17H3. The van der Waals surface area contributed by atoms with Crippen LogP contribution in [0.1, 0.15) is 165 Å². The fourth-order valence-electron chi connectivity index (χ4n) is 8.41. The fourth-order valence-corrected chi connectivity index (χ4v) is 8.41. The molecule has 2 heterocycles. The summed E-state index contributed by atoms with van der Waals surface area (Å²) in [5.41, 5.74) is -0.554. The molecule has 0 aromatic heterocycles. The molecule has 0 bridgehead atoms. The first-order valence-corrected chi connectivity index (χ1v) is 18.8. The molecule has 0 spiro atoms. The third kappa shape index (κ3) is 8.86. The van der Waals surface area contributed by atoms with Gasteiger partial charge in [-0.2, -0.15) is 0 Å². The minimum atomic E-state index is -1.62. The number of phenols is 1. The molecule has 3 rings (SSSR count). The Kier molecular flexibility index (Phi) is 11.6. The highest BCUT2D eigenvalue weighted by atomic mass is 16.6. The first-order valence-electron chi connectivity index (χ1n) is 18.8. The number of hydrogen-bond acceptors (Lipinski definition) is 7. The summed E-state index contributed by atoms with van der Waals surface area (Å²) in [6.07, 6.45) is 3.67. The largest absolute Gasteiger partial charge is 0.507 e. The Morgan fingerprint density at radius 2 is 1.12 bits per heavy atom. The minimum Gasteiger partial charge on any atom is -0.507 e. The Balaban J connectivity index is 2.21. The molecular formula is C42H72N2O5. The van der Waals surface area contributed by atoms with E-state index in [1.54, 1.807) is 0 Å². The highest BCUT2D eigenvalue weighted by molar-refractivity contribution is 6.00. The van der Waals surface area contributed by atoms with E-state index in [1.165, 1.54) is 0 Å². The van der Waals surface area contributed by atoms with E-state index in [1.807, 2.05) is 6.07 Å². The normalized spacial score (nSPS) is 22.1. The van der Waals surface area contributed by atoms with E-state index in [4.69, 9.17) is 9.47 Å². The molecule has 49 heavy (non-hydrogen) atoms. The van der Waals surface area contributed by atoms with Crippen LogP contribution in [-0.4, -0.2) is 75.3 Å². The van der Waals surface area contributed by atoms with Gasteiger partial charge in [0.1, 0.15) is 18.0 Å². The molecular weight excluding hydrogens is 612 g/mol. The lowest BCUT2D eigenvalue weighted by Crippen LogP contribution is -2.61. The van der Waals surface area contributed by atoms with Crippen LogP contribution < -0.4 is 0 Å². The van der Waals surface area contributed by atoms with E-state index >= 15 is 0 Å². The van der Waals surface area contributed by atoms with Gasteiger partial charge in [-0.25, -0.2) is 0 Å². The van der Waals surface area contributed by atoms with Crippen LogP contribution in [-0.2, 0) is 36.3 Å². The summed E-state index contributed by atoms with van der Waals surface area (Å²) in [6, 6.07) is 4.07. The number of unbranched alkanes of at least 4 members (excludes halogenated alkanes) is 1. The Bertz CT molecular complexity index is 1270. The summed E-state index contributed by atoms with van der Waals surface area (Å²) in [6.45, 7) is 32.2. The molecule has 2 fully saturated rings. The Morgan fingerprint density at radius 1 is 0.735 bits per heavy atom. The van der Waals surface area contributed by atoms with E-state index < -0.39 is 17.4 Å². The van der Waals surface area contributed by atoms with Crippen LogP contribution in [0.25, 0.3) is 0 Å². The Morgan fingerprint density at radius 3 is 1.45 bits per heavy atom. The maximum Gasteiger partial charge on any atom is 0.324 e. The molecule has 7 nitrogen and oxygen atoms in total. The van der Waals surface area contributed by atoms with Crippen LogP contribution >= 0.6 is 0 Å². The van der Waals surface area contributed by atoms with Crippen LogP contribution in [0.2, 0.25) is 0 Å². The number of nitrogens with zero attached hydrogens (tertiary/aromatic N) is 2. The zero-order valence-electron chi connectivity index (χ0n) is 34.4. The van der Waals surface area contributed by atoms with Gasteiger partial charge in [0, 0.05) is 54.3 Å². The van der Waals surface area contributed by atoms with Crippen molar-refractivity contribution in [3.8, 4) is 5.75 Å². The smallest absolute Gasteiger partial charge is 0.324 e. The van der Waals surface area contributed by atoms with E-state index in [0.29, 0.717) is 37.7 Å². The number of likely N-dealkylation sites (tertiary alicyclic amines) is 2. The Labute approximate surface area is 299 Å². The summed E-state index contributed by atoms with van der Waals surface area (Å²) in [4.78, 5) is 34.7. The molecule has 2 aliphatic heterocycles. The lowest BCUT2D eigenvalue weighted by atomic mass is 9.73. The SMILES string of the molecule is CCCCC(Cc1cc(C(C)(C)C)cc(C(C)(C)C)c1O)(C(=O)OC1CC(C)(C)N(C)C(C)(C)C1)C(=O)OC1CC(C)(C)N(C)C(C)(C)C1. The lowest BCUT2D eigenvalue weighted by molar-refractivity contribution is -0.188. The Hall–Kier alpha value is -2.12. The second-order valence-electron chi connectivity index (χ2n) is 20.1. The molecule has 2 aliphatic rings. The van der Waals surface area contributed by atoms with E-state index in [2.05, 4.69) is 134 Å². The highest BCUT2D eigenvalue weighted by Crippen LogP contribution is 2.45. The zero-order valence-corrected chi connectivity index (χ0v) is 34.4. The minimum absolute atomic E-state index is 0.0162. The molecule has 280 valence electrons. The average molecular weight is 685 g/mol. The summed E-state index contributed by atoms with van der Waals surface area (Å²) >= 11 is 0. The maximum atomic E-state index is 15.0. The third-order valence-electron chi connectivity index (χ3n) is 12.2. The van der Waals surface area contributed by atoms with Gasteiger partial charge in [-0.05, 0) is 103 Å². The average Bonchev–Trinajstić information content (AvgIpc) is 2.91. The van der Waals surface area contributed by atoms with Gasteiger partial charge in [-0.1, -0.05) is 73.4 Å². The van der Waals surface area contributed by atoms with Crippen LogP contribution in [0.5, 0.6) is 5.75 Å². The maximum absolute atomic E-state index is 15.0. The van der Waals surface area contributed by atoms with E-state index in [9.17, 15) is 14.7 Å². The van der Waals surface area contributed by atoms with Crippen LogP contribution in [0.3, 0.4) is 0 Å². The summed E-state index contributed by atoms with van der Waals surface area (Å²) in [5.74, 6) is -0.919. The molecule has 7 heteroatoms. The van der Waals surface area contributed by atoms with Gasteiger partial charge < -0.3 is 14.6 Å². The number of piperidine rings is 2. The second-order valence-corrected chi connectivity index (χ2v) is 20.1. The van der Waals surface area contributed by atoms with Crippen molar-refractivity contribution in [3.05, 3.63) is 28.8 Å². The number of ether oxygens (including phenoxy) is 2. The number of esters is 2. The van der Waals surface area contributed by atoms with Gasteiger partial charge in [-0.15, -0.1) is 0 Å². The van der Waals surface area contributed by atoms with E-state index in [0.717, 1.165) is 17.5 Å². The van der Waals surface area contributed by atoms with Gasteiger partial charge in [0.15, 0.2) is 5.41 Å².